The minimum Gasteiger partial charge on any atom is -0.493 e. The van der Waals surface area contributed by atoms with Crippen molar-refractivity contribution in [2.45, 2.75) is 44.7 Å². The first-order valence-corrected chi connectivity index (χ1v) is 7.46. The Labute approximate surface area is 120 Å². The Bertz CT molecular complexity index is 436. The van der Waals surface area contributed by atoms with Crippen molar-refractivity contribution in [2.75, 3.05) is 20.2 Å². The van der Waals surface area contributed by atoms with Gasteiger partial charge in [-0.05, 0) is 58.0 Å². The first-order valence-electron chi connectivity index (χ1n) is 7.46. The summed E-state index contributed by atoms with van der Waals surface area (Å²) in [5.41, 5.74) is 6.60. The van der Waals surface area contributed by atoms with Gasteiger partial charge in [-0.3, -0.25) is 0 Å². The van der Waals surface area contributed by atoms with Crippen LogP contribution in [-0.4, -0.2) is 31.1 Å². The maximum Gasteiger partial charge on any atom is 0.124 e. The lowest BCUT2D eigenvalue weighted by Crippen LogP contribution is -2.37. The summed E-state index contributed by atoms with van der Waals surface area (Å²) in [4.78, 5) is 2.41. The minimum atomic E-state index is -0.267. The van der Waals surface area contributed by atoms with E-state index >= 15 is 0 Å². The Morgan fingerprint density at radius 3 is 2.95 bits per heavy atom. The molecule has 1 heterocycles. The highest BCUT2D eigenvalue weighted by Gasteiger charge is 2.19. The van der Waals surface area contributed by atoms with Crippen LogP contribution in [0.25, 0.3) is 0 Å². The van der Waals surface area contributed by atoms with Crippen LogP contribution in [0.5, 0.6) is 5.75 Å². The second-order valence-corrected chi connectivity index (χ2v) is 5.74. The monoisotopic (exact) mass is 280 g/mol. The first-order chi connectivity index (χ1) is 9.58. The van der Waals surface area contributed by atoms with Crippen molar-refractivity contribution in [3.05, 3.63) is 29.6 Å². The Morgan fingerprint density at radius 2 is 2.25 bits per heavy atom. The van der Waals surface area contributed by atoms with E-state index in [1.807, 2.05) is 6.92 Å². The minimum absolute atomic E-state index is 0.224. The van der Waals surface area contributed by atoms with Gasteiger partial charge < -0.3 is 15.4 Å². The van der Waals surface area contributed by atoms with E-state index in [1.165, 1.54) is 37.9 Å². The third-order valence-electron chi connectivity index (χ3n) is 4.09. The molecule has 4 heteroatoms. The van der Waals surface area contributed by atoms with E-state index in [2.05, 4.69) is 11.9 Å². The van der Waals surface area contributed by atoms with E-state index in [0.29, 0.717) is 18.4 Å². The van der Waals surface area contributed by atoms with Gasteiger partial charge in [-0.15, -0.1) is 0 Å². The predicted octanol–water partition coefficient (Wildman–Crippen LogP) is 3.10. The van der Waals surface area contributed by atoms with Gasteiger partial charge in [-0.1, -0.05) is 6.42 Å². The average molecular weight is 280 g/mol. The summed E-state index contributed by atoms with van der Waals surface area (Å²) in [5, 5.41) is 0. The van der Waals surface area contributed by atoms with E-state index in [-0.39, 0.29) is 11.9 Å². The van der Waals surface area contributed by atoms with Crippen LogP contribution in [0.3, 0.4) is 0 Å². The largest absolute Gasteiger partial charge is 0.493 e. The molecule has 0 saturated carbocycles. The second kappa shape index (κ2) is 7.04. The van der Waals surface area contributed by atoms with Crippen molar-refractivity contribution in [2.24, 2.45) is 5.73 Å². The Morgan fingerprint density at radius 1 is 1.45 bits per heavy atom. The number of nitrogens with zero attached hydrogens (tertiary/aromatic N) is 1. The van der Waals surface area contributed by atoms with Gasteiger partial charge in [-0.2, -0.15) is 0 Å². The van der Waals surface area contributed by atoms with Crippen molar-refractivity contribution in [3.63, 3.8) is 0 Å². The molecule has 0 aromatic heterocycles. The van der Waals surface area contributed by atoms with E-state index in [4.69, 9.17) is 10.5 Å². The molecule has 2 unspecified atom stereocenters. The highest BCUT2D eigenvalue weighted by molar-refractivity contribution is 5.36. The third-order valence-corrected chi connectivity index (χ3v) is 4.09. The topological polar surface area (TPSA) is 38.5 Å². The lowest BCUT2D eigenvalue weighted by atomic mass is 10.0. The maximum absolute atomic E-state index is 13.3. The normalized spacial score (nSPS) is 21.7. The molecule has 2 N–H and O–H groups in total. The fourth-order valence-corrected chi connectivity index (χ4v) is 2.82. The molecule has 112 valence electrons. The highest BCUT2D eigenvalue weighted by Crippen LogP contribution is 2.25. The van der Waals surface area contributed by atoms with E-state index in [1.54, 1.807) is 6.07 Å². The molecule has 0 bridgehead atoms. The van der Waals surface area contributed by atoms with Crippen molar-refractivity contribution >= 4 is 0 Å². The summed E-state index contributed by atoms with van der Waals surface area (Å²) < 4.78 is 19.1. The van der Waals surface area contributed by atoms with Crippen molar-refractivity contribution in [3.8, 4) is 5.75 Å². The molecule has 0 spiro atoms. The summed E-state index contributed by atoms with van der Waals surface area (Å²) in [6.45, 7) is 3.67. The lowest BCUT2D eigenvalue weighted by molar-refractivity contribution is 0.152. The van der Waals surface area contributed by atoms with Crippen molar-refractivity contribution in [1.82, 2.24) is 4.90 Å². The third kappa shape index (κ3) is 3.93. The molecular formula is C16H25FN2O. The van der Waals surface area contributed by atoms with Crippen molar-refractivity contribution in [1.29, 1.82) is 0 Å². The summed E-state index contributed by atoms with van der Waals surface area (Å²) >= 11 is 0. The summed E-state index contributed by atoms with van der Waals surface area (Å²) in [6, 6.07) is 4.94. The molecule has 1 aliphatic heterocycles. The number of halogens is 1. The van der Waals surface area contributed by atoms with Gasteiger partial charge in [0.05, 0.1) is 6.61 Å². The first kappa shape index (κ1) is 15.3. The zero-order valence-corrected chi connectivity index (χ0v) is 12.4. The van der Waals surface area contributed by atoms with E-state index in [9.17, 15) is 4.39 Å². The fraction of sp³-hybridized carbons (Fsp3) is 0.625. The smallest absolute Gasteiger partial charge is 0.124 e. The van der Waals surface area contributed by atoms with Gasteiger partial charge in [-0.25, -0.2) is 4.39 Å². The number of piperidine rings is 1. The molecular weight excluding hydrogens is 255 g/mol. The zero-order chi connectivity index (χ0) is 14.5. The number of benzene rings is 1. The zero-order valence-electron chi connectivity index (χ0n) is 12.4. The van der Waals surface area contributed by atoms with Gasteiger partial charge >= 0.3 is 0 Å². The van der Waals surface area contributed by atoms with E-state index < -0.39 is 0 Å². The molecule has 2 atom stereocenters. The van der Waals surface area contributed by atoms with Crippen LogP contribution in [0.15, 0.2) is 18.2 Å². The molecule has 2 rings (SSSR count). The highest BCUT2D eigenvalue weighted by atomic mass is 19.1. The summed E-state index contributed by atoms with van der Waals surface area (Å²) in [5.74, 6) is 0.441. The van der Waals surface area contributed by atoms with Gasteiger partial charge in [0.25, 0.3) is 0 Å². The van der Waals surface area contributed by atoms with Crippen LogP contribution >= 0.6 is 0 Å². The fourth-order valence-electron chi connectivity index (χ4n) is 2.82. The Balaban J connectivity index is 1.90. The van der Waals surface area contributed by atoms with Crippen LogP contribution in [0.4, 0.5) is 4.39 Å². The molecule has 0 amide bonds. The van der Waals surface area contributed by atoms with Gasteiger partial charge in [0.1, 0.15) is 11.6 Å². The molecule has 20 heavy (non-hydrogen) atoms. The lowest BCUT2D eigenvalue weighted by Gasteiger charge is -2.32. The van der Waals surface area contributed by atoms with Gasteiger partial charge in [0.15, 0.2) is 0 Å². The molecule has 1 fully saturated rings. The predicted molar refractivity (Wildman–Crippen MR) is 79.4 cm³/mol. The molecule has 1 aliphatic rings. The standard InChI is InChI=1S/C16H25FN2O/c1-12(18)15-11-13(17)6-7-16(15)20-10-8-14-5-3-4-9-19(14)2/h6-7,11-12,14H,3-5,8-10,18H2,1-2H3. The van der Waals surface area contributed by atoms with Crippen LogP contribution in [0.1, 0.15) is 44.2 Å². The summed E-state index contributed by atoms with van der Waals surface area (Å²) in [7, 11) is 2.18. The number of hydrogen-bond donors (Lipinski definition) is 1. The van der Waals surface area contributed by atoms with Crippen LogP contribution < -0.4 is 10.5 Å². The molecule has 1 aromatic carbocycles. The molecule has 1 aromatic rings. The van der Waals surface area contributed by atoms with Gasteiger partial charge in [0, 0.05) is 17.6 Å². The number of nitrogens with two attached hydrogens (primary N) is 1. The van der Waals surface area contributed by atoms with E-state index in [0.717, 1.165) is 12.0 Å². The number of hydrogen-bond acceptors (Lipinski definition) is 3. The quantitative estimate of drug-likeness (QED) is 0.900. The van der Waals surface area contributed by atoms with Crippen LogP contribution in [-0.2, 0) is 0 Å². The molecule has 0 aliphatic carbocycles. The van der Waals surface area contributed by atoms with Crippen molar-refractivity contribution < 1.29 is 9.13 Å². The number of rotatable bonds is 5. The second-order valence-electron chi connectivity index (χ2n) is 5.74. The van der Waals surface area contributed by atoms with Gasteiger partial charge in [0.2, 0.25) is 0 Å². The molecule has 1 saturated heterocycles. The number of likely N-dealkylation sites (tertiary alicyclic amines) is 1. The molecule has 3 nitrogen and oxygen atoms in total. The van der Waals surface area contributed by atoms with Crippen LogP contribution in [0, 0.1) is 5.82 Å². The Kier molecular flexibility index (Phi) is 5.38. The van der Waals surface area contributed by atoms with Crippen LogP contribution in [0.2, 0.25) is 0 Å². The Hall–Kier alpha value is -1.13. The SMILES string of the molecule is CC(N)c1cc(F)ccc1OCCC1CCCCN1C. The number of ether oxygens (including phenoxy) is 1. The molecule has 0 radical (unpaired) electrons. The average Bonchev–Trinajstić information content (AvgIpc) is 2.42. The maximum atomic E-state index is 13.3. The summed E-state index contributed by atoms with van der Waals surface area (Å²) in [6.07, 6.45) is 4.84.